The van der Waals surface area contributed by atoms with Gasteiger partial charge in [0.1, 0.15) is 11.2 Å². The topological polar surface area (TPSA) is 19.6 Å². The van der Waals surface area contributed by atoms with Gasteiger partial charge in [0.15, 0.2) is 0 Å². The summed E-state index contributed by atoms with van der Waals surface area (Å²) in [6, 6.07) is 81.5. The first kappa shape index (κ1) is 43.9. The predicted molar refractivity (Wildman–Crippen MR) is 302 cm³/mol. The molecule has 0 unspecified atom stereocenters. The van der Waals surface area contributed by atoms with Crippen LogP contribution < -0.4 is 9.80 Å². The van der Waals surface area contributed by atoms with Crippen LogP contribution in [0, 0.1) is 6.92 Å². The molecule has 0 aliphatic heterocycles. The Bertz CT molecular complexity index is 3880. The lowest BCUT2D eigenvalue weighted by molar-refractivity contribution is 0.660. The minimum Gasteiger partial charge on any atom is -0.456 e. The molecule has 1 aliphatic carbocycles. The van der Waals surface area contributed by atoms with Gasteiger partial charge in [-0.25, -0.2) is 0 Å². The number of rotatable bonds is 11. The van der Waals surface area contributed by atoms with Crippen LogP contribution in [0.1, 0.15) is 43.0 Å². The molecule has 0 amide bonds. The van der Waals surface area contributed by atoms with Gasteiger partial charge in [-0.1, -0.05) is 177 Å². The Morgan fingerprint density at radius 1 is 0.493 bits per heavy atom. The maximum absolute atomic E-state index is 6.31. The Balaban J connectivity index is 0.961. The molecule has 0 atom stereocenters. The summed E-state index contributed by atoms with van der Waals surface area (Å²) in [6.45, 7) is 9.09. The zero-order valence-corrected chi connectivity index (χ0v) is 41.1. The number of fused-ring (bicyclic) bond motifs is 7. The van der Waals surface area contributed by atoms with Gasteiger partial charge in [-0.3, -0.25) is 0 Å². The number of anilines is 5. The number of benzene rings is 10. The molecule has 1 aliphatic rings. The van der Waals surface area contributed by atoms with Crippen LogP contribution >= 0.6 is 11.8 Å². The molecular weight excluding hydrogens is 881 g/mol. The van der Waals surface area contributed by atoms with Crippen molar-refractivity contribution in [1.82, 2.24) is 0 Å². The highest BCUT2D eigenvalue weighted by Crippen LogP contribution is 2.51. The lowest BCUT2D eigenvalue weighted by Crippen LogP contribution is -2.19. The molecule has 4 heteroatoms. The van der Waals surface area contributed by atoms with E-state index >= 15 is 0 Å². The van der Waals surface area contributed by atoms with Crippen molar-refractivity contribution >= 4 is 78.6 Å². The number of furan rings is 1. The highest BCUT2D eigenvalue weighted by Gasteiger charge is 2.36. The van der Waals surface area contributed by atoms with Gasteiger partial charge in [-0.05, 0) is 155 Å². The van der Waals surface area contributed by atoms with Crippen molar-refractivity contribution < 1.29 is 4.42 Å². The number of hydrogen-bond acceptors (Lipinski definition) is 4. The molecule has 3 nitrogen and oxygen atoms in total. The summed E-state index contributed by atoms with van der Waals surface area (Å²) in [6.07, 6.45) is 6.57. The summed E-state index contributed by atoms with van der Waals surface area (Å²) in [5.41, 5.74) is 18.2. The highest BCUT2D eigenvalue weighted by atomic mass is 32.2. The normalized spacial score (nSPS) is 13.0. The van der Waals surface area contributed by atoms with E-state index in [-0.39, 0.29) is 5.41 Å². The van der Waals surface area contributed by atoms with E-state index in [9.17, 15) is 0 Å². The average Bonchev–Trinajstić information content (AvgIpc) is 3.89. The number of para-hydroxylation sites is 1. The fraction of sp³-hybridized carbons (Fsp3) is 0.0746. The summed E-state index contributed by atoms with van der Waals surface area (Å²) in [4.78, 5) is 7.17. The number of allylic oxidation sites excluding steroid dienone is 3. The molecule has 71 heavy (non-hydrogen) atoms. The molecule has 12 rings (SSSR count). The van der Waals surface area contributed by atoms with E-state index in [1.54, 1.807) is 11.8 Å². The fourth-order valence-electron chi connectivity index (χ4n) is 10.6. The van der Waals surface area contributed by atoms with Gasteiger partial charge in [0, 0.05) is 60.0 Å². The average molecular weight is 933 g/mol. The molecule has 0 bridgehead atoms. The molecule has 0 saturated heterocycles. The fourth-order valence-corrected chi connectivity index (χ4v) is 11.6. The molecule has 11 aromatic rings. The lowest BCUT2D eigenvalue weighted by atomic mass is 9.82. The van der Waals surface area contributed by atoms with Crippen LogP contribution in [-0.4, -0.2) is 0 Å². The molecule has 0 fully saturated rings. The quantitative estimate of drug-likeness (QED) is 0.120. The second-order valence-electron chi connectivity index (χ2n) is 18.9. The minimum atomic E-state index is -0.147. The molecule has 0 radical (unpaired) electrons. The molecule has 0 saturated carbocycles. The van der Waals surface area contributed by atoms with Gasteiger partial charge in [0.25, 0.3) is 0 Å². The van der Waals surface area contributed by atoms with Crippen LogP contribution in [0.15, 0.2) is 257 Å². The van der Waals surface area contributed by atoms with Gasteiger partial charge in [0.2, 0.25) is 0 Å². The molecular formula is C67H52N2OS. The van der Waals surface area contributed by atoms with Crippen LogP contribution in [0.2, 0.25) is 0 Å². The van der Waals surface area contributed by atoms with E-state index in [1.165, 1.54) is 54.6 Å². The molecule has 1 aromatic heterocycles. The van der Waals surface area contributed by atoms with E-state index in [0.29, 0.717) is 0 Å². The summed E-state index contributed by atoms with van der Waals surface area (Å²) in [7, 11) is 0. The van der Waals surface area contributed by atoms with Crippen molar-refractivity contribution in [2.24, 2.45) is 0 Å². The van der Waals surface area contributed by atoms with Crippen molar-refractivity contribution in [3.63, 3.8) is 0 Å². The van der Waals surface area contributed by atoms with Gasteiger partial charge >= 0.3 is 0 Å². The summed E-state index contributed by atoms with van der Waals surface area (Å²) < 4.78 is 6.31. The second kappa shape index (κ2) is 18.2. The summed E-state index contributed by atoms with van der Waals surface area (Å²) in [5, 5.41) is 4.62. The van der Waals surface area contributed by atoms with Gasteiger partial charge in [0.05, 0.1) is 5.70 Å². The highest BCUT2D eigenvalue weighted by molar-refractivity contribution is 7.99. The molecule has 0 spiro atoms. The Kier molecular flexibility index (Phi) is 11.3. The first-order valence-electron chi connectivity index (χ1n) is 24.4. The Hall–Kier alpha value is -8.31. The van der Waals surface area contributed by atoms with Gasteiger partial charge in [-0.2, -0.15) is 0 Å². The molecule has 10 aromatic carbocycles. The Morgan fingerprint density at radius 2 is 1.15 bits per heavy atom. The van der Waals surface area contributed by atoms with E-state index in [4.69, 9.17) is 4.42 Å². The van der Waals surface area contributed by atoms with Crippen LogP contribution in [0.3, 0.4) is 0 Å². The van der Waals surface area contributed by atoms with Gasteiger partial charge < -0.3 is 14.2 Å². The number of nitrogens with zero attached hydrogens (tertiary/aromatic N) is 2. The molecule has 1 heterocycles. The predicted octanol–water partition coefficient (Wildman–Crippen LogP) is 19.4. The van der Waals surface area contributed by atoms with Crippen LogP contribution in [0.5, 0.6) is 0 Å². The van der Waals surface area contributed by atoms with E-state index in [1.807, 2.05) is 12.1 Å². The Labute approximate surface area is 420 Å². The van der Waals surface area contributed by atoms with Crippen molar-refractivity contribution in [1.29, 1.82) is 0 Å². The van der Waals surface area contributed by atoms with E-state index < -0.39 is 0 Å². The Morgan fingerprint density at radius 3 is 2.03 bits per heavy atom. The first-order valence-corrected chi connectivity index (χ1v) is 25.3. The minimum absolute atomic E-state index is 0.147. The molecule has 0 N–H and O–H groups in total. The zero-order valence-electron chi connectivity index (χ0n) is 40.3. The van der Waals surface area contributed by atoms with Crippen molar-refractivity contribution in [3.8, 4) is 22.3 Å². The lowest BCUT2D eigenvalue weighted by Gasteiger charge is -2.31. The van der Waals surface area contributed by atoms with Crippen LogP contribution in [-0.2, 0) is 5.41 Å². The van der Waals surface area contributed by atoms with Crippen LogP contribution in [0.4, 0.5) is 28.4 Å². The van der Waals surface area contributed by atoms with E-state index in [0.717, 1.165) is 66.5 Å². The summed E-state index contributed by atoms with van der Waals surface area (Å²) in [5.74, 6) is 0. The maximum Gasteiger partial charge on any atom is 0.135 e. The number of hydrogen-bond donors (Lipinski definition) is 0. The monoisotopic (exact) mass is 932 g/mol. The largest absolute Gasteiger partial charge is 0.456 e. The van der Waals surface area contributed by atoms with Gasteiger partial charge in [-0.15, -0.1) is 0 Å². The first-order chi connectivity index (χ1) is 34.8. The second-order valence-corrected chi connectivity index (χ2v) is 20.0. The van der Waals surface area contributed by atoms with Crippen molar-refractivity contribution in [3.05, 3.63) is 265 Å². The summed E-state index contributed by atoms with van der Waals surface area (Å²) >= 11 is 1.81. The third kappa shape index (κ3) is 8.01. The van der Waals surface area contributed by atoms with Crippen molar-refractivity contribution in [2.45, 2.75) is 42.9 Å². The maximum atomic E-state index is 6.31. The third-order valence-corrected chi connectivity index (χ3v) is 15.3. The van der Waals surface area contributed by atoms with E-state index in [2.05, 4.69) is 268 Å². The SMILES string of the molecule is C/C=C/C=C(\c1cccc(Sc2cccc(N(c3cccc(-c4ccccc4)c3)c3ccc4oc5ccccc5c4c3)c2)c1C)N(c1ccc2c(c1)C(C)(C)c1ccccc1-2)c1ccc2ccccc2c1. The molecule has 342 valence electrons. The van der Waals surface area contributed by atoms with Crippen molar-refractivity contribution in [2.75, 3.05) is 9.80 Å². The third-order valence-electron chi connectivity index (χ3n) is 14.2. The van der Waals surface area contributed by atoms with Crippen LogP contribution in [0.25, 0.3) is 60.7 Å². The zero-order chi connectivity index (χ0) is 48.1. The standard InChI is InChI=1S/C67H52N2OS/c1-5-6-31-63(69(52-35-34-47-21-10-11-22-48(47)41-52)54-36-38-58-57-27-12-14-30-61(57)67(3,4)62(58)44-54)56-29-18-33-66(45(56)2)71-55-26-17-25-51(42-55)68(50-24-16-23-49(40-50)46-19-8-7-9-20-46)53-37-39-65-60(43-53)59-28-13-15-32-64(59)70-65/h5-44H,1-4H3/b6-5+,63-31+. The smallest absolute Gasteiger partial charge is 0.135 e.